The second-order valence-electron chi connectivity index (χ2n) is 7.71. The Morgan fingerprint density at radius 1 is 1.09 bits per heavy atom. The fourth-order valence-electron chi connectivity index (χ4n) is 4.22. The van der Waals surface area contributed by atoms with Crippen molar-refractivity contribution < 1.29 is 32.7 Å². The highest BCUT2D eigenvalue weighted by molar-refractivity contribution is 6.16. The molecule has 2 N–H and O–H groups in total. The monoisotopic (exact) mass is 447 g/mol. The number of rotatable bonds is 5. The molecule has 0 aliphatic carbocycles. The minimum absolute atomic E-state index is 0.0347. The van der Waals surface area contributed by atoms with Crippen molar-refractivity contribution in [2.24, 2.45) is 0 Å². The largest absolute Gasteiger partial charge is 0.416 e. The minimum Gasteiger partial charge on any atom is -0.382 e. The number of anilines is 1. The van der Waals surface area contributed by atoms with Crippen molar-refractivity contribution in [1.82, 2.24) is 10.2 Å². The summed E-state index contributed by atoms with van der Waals surface area (Å²) in [4.78, 5) is 42.1. The molecule has 4 rings (SSSR count). The molecule has 2 atom stereocenters. The molecule has 2 aromatic rings. The number of hydrogen-bond donors (Lipinski definition) is 2. The second-order valence-corrected chi connectivity index (χ2v) is 7.71. The van der Waals surface area contributed by atoms with Crippen molar-refractivity contribution in [2.75, 3.05) is 11.4 Å². The van der Waals surface area contributed by atoms with Gasteiger partial charge in [0.1, 0.15) is 0 Å². The van der Waals surface area contributed by atoms with E-state index in [-0.39, 0.29) is 30.6 Å². The molecule has 2 aromatic carbocycles. The van der Waals surface area contributed by atoms with Gasteiger partial charge in [-0.2, -0.15) is 13.2 Å². The molecule has 0 unspecified atom stereocenters. The zero-order valence-corrected chi connectivity index (χ0v) is 16.8. The molecule has 1 saturated heterocycles. The number of halogens is 3. The van der Waals surface area contributed by atoms with Crippen LogP contribution < -0.4 is 10.2 Å². The molecule has 2 aliphatic rings. The van der Waals surface area contributed by atoms with Crippen LogP contribution in [-0.4, -0.2) is 52.2 Å². The molecule has 0 spiro atoms. The van der Waals surface area contributed by atoms with Crippen LogP contribution in [0.1, 0.15) is 28.8 Å². The van der Waals surface area contributed by atoms with E-state index in [4.69, 9.17) is 0 Å². The summed E-state index contributed by atoms with van der Waals surface area (Å²) in [5.74, 6) is -1.89. The molecule has 3 amide bonds. The first-order chi connectivity index (χ1) is 15.2. The Balaban J connectivity index is 1.78. The van der Waals surface area contributed by atoms with Crippen molar-refractivity contribution in [1.29, 1.82) is 0 Å². The van der Waals surface area contributed by atoms with Crippen LogP contribution in [0.5, 0.6) is 0 Å². The van der Waals surface area contributed by atoms with E-state index in [0.717, 1.165) is 0 Å². The van der Waals surface area contributed by atoms with Crippen LogP contribution in [0, 0.1) is 0 Å². The van der Waals surface area contributed by atoms with Gasteiger partial charge in [-0.25, -0.2) is 0 Å². The number of carbonyl (C=O) groups excluding carboxylic acids is 3. The van der Waals surface area contributed by atoms with Crippen LogP contribution >= 0.6 is 0 Å². The highest BCUT2D eigenvalue weighted by Crippen LogP contribution is 2.45. The second kappa shape index (κ2) is 7.94. The number of alkyl halides is 3. The van der Waals surface area contributed by atoms with Gasteiger partial charge < -0.3 is 15.3 Å². The van der Waals surface area contributed by atoms with Crippen LogP contribution in [0.3, 0.4) is 0 Å². The van der Waals surface area contributed by atoms with Gasteiger partial charge in [-0.3, -0.25) is 19.3 Å². The summed E-state index contributed by atoms with van der Waals surface area (Å²) in [6.45, 7) is -1.13. The zero-order valence-electron chi connectivity index (χ0n) is 16.8. The first-order valence-electron chi connectivity index (χ1n) is 9.97. The summed E-state index contributed by atoms with van der Waals surface area (Å²) >= 11 is 0. The Bertz CT molecular complexity index is 1060. The Hall–Kier alpha value is -3.40. The van der Waals surface area contributed by atoms with Crippen LogP contribution in [0.15, 0.2) is 54.6 Å². The number of nitrogens with one attached hydrogen (secondary N) is 1. The third kappa shape index (κ3) is 3.50. The van der Waals surface area contributed by atoms with Gasteiger partial charge in [0.05, 0.1) is 17.8 Å². The number of nitrogens with zero attached hydrogens (tertiary/aromatic N) is 2. The number of hydrogen-bond acceptors (Lipinski definition) is 4. The maximum atomic E-state index is 13.5. The average molecular weight is 447 g/mol. The van der Waals surface area contributed by atoms with Crippen molar-refractivity contribution in [2.45, 2.75) is 37.3 Å². The fourth-order valence-corrected chi connectivity index (χ4v) is 4.22. The van der Waals surface area contributed by atoms with E-state index < -0.39 is 42.2 Å². The maximum Gasteiger partial charge on any atom is 0.416 e. The van der Waals surface area contributed by atoms with Crippen molar-refractivity contribution in [3.8, 4) is 0 Å². The number of benzene rings is 2. The molecule has 0 saturated carbocycles. The summed E-state index contributed by atoms with van der Waals surface area (Å²) in [6, 6.07) is 15.1. The Labute approximate surface area is 181 Å². The van der Waals surface area contributed by atoms with Crippen LogP contribution in [0.2, 0.25) is 0 Å². The molecule has 0 aromatic heterocycles. The lowest BCUT2D eigenvalue weighted by molar-refractivity contribution is -0.202. The topological polar surface area (TPSA) is 90.0 Å². The molecular weight excluding hydrogens is 427 g/mol. The van der Waals surface area contributed by atoms with E-state index in [1.807, 2.05) is 0 Å². The molecule has 0 radical (unpaired) electrons. The van der Waals surface area contributed by atoms with E-state index in [9.17, 15) is 32.7 Å². The highest BCUT2D eigenvalue weighted by Gasteiger charge is 2.60. The molecule has 32 heavy (non-hydrogen) atoms. The van der Waals surface area contributed by atoms with Crippen molar-refractivity contribution in [3.05, 3.63) is 65.7 Å². The summed E-state index contributed by atoms with van der Waals surface area (Å²) in [7, 11) is 0. The zero-order chi connectivity index (χ0) is 23.1. The van der Waals surface area contributed by atoms with Crippen LogP contribution in [0.25, 0.3) is 0 Å². The normalized spacial score (nSPS) is 21.2. The van der Waals surface area contributed by atoms with E-state index in [2.05, 4.69) is 5.32 Å². The summed E-state index contributed by atoms with van der Waals surface area (Å²) < 4.78 is 38.3. The highest BCUT2D eigenvalue weighted by atomic mass is 19.4. The SMILES string of the molecule is O=C1c2ccccc2N2C(=O)CC[C@@]2(C(=O)NC[C@H](O)C(F)(F)F)N1Cc1ccccc1. The first kappa shape index (κ1) is 21.8. The van der Waals surface area contributed by atoms with E-state index >= 15 is 0 Å². The molecule has 168 valence electrons. The number of amides is 3. The predicted molar refractivity (Wildman–Crippen MR) is 107 cm³/mol. The van der Waals surface area contributed by atoms with Gasteiger partial charge in [0.25, 0.3) is 11.8 Å². The fraction of sp³-hybridized carbons (Fsp3) is 0.318. The molecule has 0 bridgehead atoms. The lowest BCUT2D eigenvalue weighted by Gasteiger charge is -2.49. The lowest BCUT2D eigenvalue weighted by atomic mass is 9.94. The number of aliphatic hydroxyl groups is 1. The molecule has 1 fully saturated rings. The van der Waals surface area contributed by atoms with Crippen LogP contribution in [0.4, 0.5) is 18.9 Å². The number of aliphatic hydroxyl groups excluding tert-OH is 1. The average Bonchev–Trinajstić information content (AvgIpc) is 3.13. The molecule has 2 aliphatic heterocycles. The summed E-state index contributed by atoms with van der Waals surface area (Å²) in [6.07, 6.45) is -7.86. The van der Waals surface area contributed by atoms with Crippen molar-refractivity contribution in [3.63, 3.8) is 0 Å². The molecular formula is C22H20F3N3O4. The quantitative estimate of drug-likeness (QED) is 0.736. The van der Waals surface area contributed by atoms with E-state index in [1.165, 1.54) is 21.9 Å². The molecule has 2 heterocycles. The third-order valence-corrected chi connectivity index (χ3v) is 5.75. The smallest absolute Gasteiger partial charge is 0.382 e. The Morgan fingerprint density at radius 2 is 1.75 bits per heavy atom. The first-order valence-corrected chi connectivity index (χ1v) is 9.97. The third-order valence-electron chi connectivity index (χ3n) is 5.75. The van der Waals surface area contributed by atoms with Gasteiger partial charge in [0.2, 0.25) is 11.6 Å². The standard InChI is InChI=1S/C22H20F3N3O4/c23-22(24,25)17(29)12-26-20(32)21-11-10-18(30)28(21)16-9-5-4-8-15(16)19(31)27(21)13-14-6-2-1-3-7-14/h1-9,17,29H,10-13H2,(H,26,32)/t17-,21+/m0/s1. The Kier molecular flexibility index (Phi) is 5.41. The minimum atomic E-state index is -4.92. The number of fused-ring (bicyclic) bond motifs is 3. The molecule has 7 nitrogen and oxygen atoms in total. The summed E-state index contributed by atoms with van der Waals surface area (Å²) in [5.41, 5.74) is -0.709. The Morgan fingerprint density at radius 3 is 2.44 bits per heavy atom. The van der Waals surface area contributed by atoms with E-state index in [0.29, 0.717) is 5.56 Å². The maximum absolute atomic E-state index is 13.5. The lowest BCUT2D eigenvalue weighted by Crippen LogP contribution is -2.70. The summed E-state index contributed by atoms with van der Waals surface area (Å²) in [5, 5.41) is 11.4. The molecule has 10 heteroatoms. The van der Waals surface area contributed by atoms with Gasteiger partial charge in [-0.15, -0.1) is 0 Å². The van der Waals surface area contributed by atoms with Crippen LogP contribution in [-0.2, 0) is 16.1 Å². The van der Waals surface area contributed by atoms with Crippen molar-refractivity contribution >= 4 is 23.4 Å². The van der Waals surface area contributed by atoms with E-state index in [1.54, 1.807) is 42.5 Å². The van der Waals surface area contributed by atoms with Gasteiger partial charge in [-0.1, -0.05) is 42.5 Å². The van der Waals surface area contributed by atoms with Gasteiger partial charge in [0.15, 0.2) is 6.10 Å². The number of para-hydroxylation sites is 1. The van der Waals surface area contributed by atoms with Gasteiger partial charge in [0, 0.05) is 19.4 Å². The predicted octanol–water partition coefficient (Wildman–Crippen LogP) is 2.21. The number of carbonyl (C=O) groups is 3. The van der Waals surface area contributed by atoms with Gasteiger partial charge >= 0.3 is 6.18 Å². The van der Waals surface area contributed by atoms with Gasteiger partial charge in [-0.05, 0) is 17.7 Å².